The summed E-state index contributed by atoms with van der Waals surface area (Å²) in [4.78, 5) is 0. The molecule has 2 aromatic rings. The maximum absolute atomic E-state index is 13.2. The molecule has 2 aromatic carbocycles. The number of aliphatic hydroxyl groups is 1. The Morgan fingerprint density at radius 2 is 1.68 bits per heavy atom. The van der Waals surface area contributed by atoms with Crippen LogP contribution in [0.25, 0.3) is 0 Å². The van der Waals surface area contributed by atoms with Crippen molar-refractivity contribution in [2.45, 2.75) is 33.3 Å². The van der Waals surface area contributed by atoms with Crippen LogP contribution in [0, 0.1) is 26.6 Å². The molecule has 19 heavy (non-hydrogen) atoms. The molecule has 0 saturated carbocycles. The SMILES string of the molecule is Cc1cc(C)c(CC(O)c2cccc(F)c2)c(C)c1. The van der Waals surface area contributed by atoms with Crippen molar-refractivity contribution in [2.24, 2.45) is 0 Å². The number of benzene rings is 2. The van der Waals surface area contributed by atoms with Gasteiger partial charge in [-0.2, -0.15) is 0 Å². The lowest BCUT2D eigenvalue weighted by Gasteiger charge is -2.16. The van der Waals surface area contributed by atoms with Gasteiger partial charge in [0.2, 0.25) is 0 Å². The average molecular weight is 258 g/mol. The Hall–Kier alpha value is -1.67. The zero-order valence-corrected chi connectivity index (χ0v) is 11.6. The number of aryl methyl sites for hydroxylation is 3. The van der Waals surface area contributed by atoms with Crippen LogP contribution in [0.2, 0.25) is 0 Å². The summed E-state index contributed by atoms with van der Waals surface area (Å²) in [5.41, 5.74) is 5.33. The van der Waals surface area contributed by atoms with Crippen LogP contribution in [0.5, 0.6) is 0 Å². The van der Waals surface area contributed by atoms with Crippen molar-refractivity contribution in [3.63, 3.8) is 0 Å². The van der Waals surface area contributed by atoms with Crippen molar-refractivity contribution in [1.82, 2.24) is 0 Å². The highest BCUT2D eigenvalue weighted by atomic mass is 19.1. The van der Waals surface area contributed by atoms with Crippen LogP contribution in [0.3, 0.4) is 0 Å². The molecule has 2 heteroatoms. The van der Waals surface area contributed by atoms with Gasteiger partial charge in [-0.3, -0.25) is 0 Å². The summed E-state index contributed by atoms with van der Waals surface area (Å²) in [5.74, 6) is -0.311. The monoisotopic (exact) mass is 258 g/mol. The molecule has 0 aliphatic carbocycles. The van der Waals surface area contributed by atoms with E-state index in [1.54, 1.807) is 12.1 Å². The van der Waals surface area contributed by atoms with Gasteiger partial charge in [0.25, 0.3) is 0 Å². The van der Waals surface area contributed by atoms with E-state index >= 15 is 0 Å². The molecule has 2 rings (SSSR count). The van der Waals surface area contributed by atoms with Gasteiger partial charge >= 0.3 is 0 Å². The lowest BCUT2D eigenvalue weighted by atomic mass is 9.93. The maximum atomic E-state index is 13.2. The summed E-state index contributed by atoms with van der Waals surface area (Å²) in [6, 6.07) is 10.4. The Labute approximate surface area is 113 Å². The molecule has 0 heterocycles. The molecule has 0 amide bonds. The van der Waals surface area contributed by atoms with Gasteiger partial charge in [0.1, 0.15) is 5.82 Å². The van der Waals surface area contributed by atoms with E-state index < -0.39 is 6.10 Å². The minimum Gasteiger partial charge on any atom is -0.388 e. The molecule has 0 spiro atoms. The number of rotatable bonds is 3. The standard InChI is InChI=1S/C17H19FO/c1-11-7-12(2)16(13(3)8-11)10-17(19)14-5-4-6-15(18)9-14/h4-9,17,19H,10H2,1-3H3. The molecular formula is C17H19FO. The first-order chi connectivity index (χ1) is 8.97. The van der Waals surface area contributed by atoms with E-state index in [4.69, 9.17) is 0 Å². The fourth-order valence-electron chi connectivity index (χ4n) is 2.56. The summed E-state index contributed by atoms with van der Waals surface area (Å²) >= 11 is 0. The zero-order valence-electron chi connectivity index (χ0n) is 11.6. The van der Waals surface area contributed by atoms with Crippen molar-refractivity contribution in [2.75, 3.05) is 0 Å². The Kier molecular flexibility index (Phi) is 4.01. The van der Waals surface area contributed by atoms with E-state index in [2.05, 4.69) is 19.1 Å². The van der Waals surface area contributed by atoms with Crippen LogP contribution in [0.4, 0.5) is 4.39 Å². The average Bonchev–Trinajstić information content (AvgIpc) is 2.33. The first kappa shape index (κ1) is 13.8. The van der Waals surface area contributed by atoms with Crippen molar-refractivity contribution >= 4 is 0 Å². The molecule has 0 aliphatic heterocycles. The summed E-state index contributed by atoms with van der Waals surface area (Å²) in [6.07, 6.45) is -0.155. The number of aliphatic hydroxyl groups excluding tert-OH is 1. The molecule has 0 aliphatic rings. The molecule has 1 nitrogen and oxygen atoms in total. The van der Waals surface area contributed by atoms with E-state index in [1.165, 1.54) is 28.8 Å². The van der Waals surface area contributed by atoms with Crippen LogP contribution in [0.1, 0.15) is 33.9 Å². The van der Waals surface area contributed by atoms with Crippen LogP contribution in [0.15, 0.2) is 36.4 Å². The zero-order chi connectivity index (χ0) is 14.0. The molecule has 0 radical (unpaired) electrons. The molecule has 1 N–H and O–H groups in total. The normalized spacial score (nSPS) is 12.5. The molecule has 1 unspecified atom stereocenters. The second-order valence-electron chi connectivity index (χ2n) is 5.15. The Morgan fingerprint density at radius 3 is 2.26 bits per heavy atom. The highest BCUT2D eigenvalue weighted by molar-refractivity contribution is 5.38. The largest absolute Gasteiger partial charge is 0.388 e. The molecule has 0 saturated heterocycles. The van der Waals surface area contributed by atoms with Crippen LogP contribution < -0.4 is 0 Å². The van der Waals surface area contributed by atoms with Gasteiger partial charge in [0.15, 0.2) is 0 Å². The van der Waals surface area contributed by atoms with Gasteiger partial charge in [0.05, 0.1) is 6.10 Å². The van der Waals surface area contributed by atoms with Crippen molar-refractivity contribution in [3.8, 4) is 0 Å². The minimum absolute atomic E-state index is 0.311. The third kappa shape index (κ3) is 3.21. The highest BCUT2D eigenvalue weighted by Gasteiger charge is 2.13. The van der Waals surface area contributed by atoms with Crippen LogP contribution in [-0.4, -0.2) is 5.11 Å². The first-order valence-electron chi connectivity index (χ1n) is 6.47. The van der Waals surface area contributed by atoms with Crippen molar-refractivity contribution in [1.29, 1.82) is 0 Å². The Morgan fingerprint density at radius 1 is 1.05 bits per heavy atom. The summed E-state index contributed by atoms with van der Waals surface area (Å²) in [5, 5.41) is 10.2. The lowest BCUT2D eigenvalue weighted by molar-refractivity contribution is 0.177. The van der Waals surface area contributed by atoms with Crippen molar-refractivity contribution in [3.05, 3.63) is 70.0 Å². The predicted molar refractivity (Wildman–Crippen MR) is 75.7 cm³/mol. The third-order valence-corrected chi connectivity index (χ3v) is 3.47. The molecular weight excluding hydrogens is 239 g/mol. The van der Waals surface area contributed by atoms with Gasteiger partial charge < -0.3 is 5.11 Å². The van der Waals surface area contributed by atoms with Gasteiger partial charge in [-0.15, -0.1) is 0 Å². The number of halogens is 1. The van der Waals surface area contributed by atoms with Crippen LogP contribution >= 0.6 is 0 Å². The lowest BCUT2D eigenvalue weighted by Crippen LogP contribution is -2.05. The second kappa shape index (κ2) is 5.54. The summed E-state index contributed by atoms with van der Waals surface area (Å²) < 4.78 is 13.2. The van der Waals surface area contributed by atoms with Gasteiger partial charge in [-0.1, -0.05) is 29.8 Å². The molecule has 1 atom stereocenters. The fraction of sp³-hybridized carbons (Fsp3) is 0.294. The summed E-state index contributed by atoms with van der Waals surface area (Å²) in [7, 11) is 0. The third-order valence-electron chi connectivity index (χ3n) is 3.47. The number of hydrogen-bond donors (Lipinski definition) is 1. The fourth-order valence-corrected chi connectivity index (χ4v) is 2.56. The first-order valence-corrected chi connectivity index (χ1v) is 6.47. The van der Waals surface area contributed by atoms with E-state index in [-0.39, 0.29) is 5.82 Å². The quantitative estimate of drug-likeness (QED) is 0.881. The molecule has 0 aromatic heterocycles. The number of hydrogen-bond acceptors (Lipinski definition) is 1. The van der Waals surface area contributed by atoms with Crippen LogP contribution in [-0.2, 0) is 6.42 Å². The smallest absolute Gasteiger partial charge is 0.123 e. The van der Waals surface area contributed by atoms with Crippen molar-refractivity contribution < 1.29 is 9.50 Å². The molecule has 100 valence electrons. The topological polar surface area (TPSA) is 20.2 Å². The second-order valence-corrected chi connectivity index (χ2v) is 5.15. The maximum Gasteiger partial charge on any atom is 0.123 e. The van der Waals surface area contributed by atoms with Gasteiger partial charge in [-0.25, -0.2) is 4.39 Å². The molecule has 0 fully saturated rings. The van der Waals surface area contributed by atoms with E-state index in [0.29, 0.717) is 12.0 Å². The Balaban J connectivity index is 2.26. The highest BCUT2D eigenvalue weighted by Crippen LogP contribution is 2.24. The summed E-state index contributed by atoms with van der Waals surface area (Å²) in [6.45, 7) is 6.16. The predicted octanol–water partition coefficient (Wildman–Crippen LogP) is 4.03. The Bertz CT molecular complexity index is 567. The van der Waals surface area contributed by atoms with E-state index in [9.17, 15) is 9.50 Å². The molecule has 0 bridgehead atoms. The van der Waals surface area contributed by atoms with E-state index in [0.717, 1.165) is 5.56 Å². The van der Waals surface area contributed by atoms with Gasteiger partial charge in [0, 0.05) is 6.42 Å². The minimum atomic E-state index is -0.671. The van der Waals surface area contributed by atoms with E-state index in [1.807, 2.05) is 13.8 Å². The van der Waals surface area contributed by atoms with Gasteiger partial charge in [-0.05, 0) is 55.2 Å².